The summed E-state index contributed by atoms with van der Waals surface area (Å²) in [6, 6.07) is 14.5. The monoisotopic (exact) mass is 396 g/mol. The van der Waals surface area contributed by atoms with Crippen molar-refractivity contribution in [1.82, 2.24) is 9.80 Å². The van der Waals surface area contributed by atoms with Crippen molar-refractivity contribution in [1.29, 1.82) is 0 Å². The molecular weight excluding hydrogens is 372 g/mol. The van der Waals surface area contributed by atoms with Gasteiger partial charge in [-0.25, -0.2) is 0 Å². The summed E-state index contributed by atoms with van der Waals surface area (Å²) in [5.41, 5.74) is 1.07. The number of ether oxygens (including phenoxy) is 3. The van der Waals surface area contributed by atoms with E-state index in [4.69, 9.17) is 14.2 Å². The molecule has 2 bridgehead atoms. The highest BCUT2D eigenvalue weighted by atomic mass is 16.5. The van der Waals surface area contributed by atoms with Crippen LogP contribution in [0.25, 0.3) is 0 Å². The van der Waals surface area contributed by atoms with Crippen LogP contribution in [0.1, 0.15) is 20.7 Å². The van der Waals surface area contributed by atoms with E-state index in [-0.39, 0.29) is 11.8 Å². The average molecular weight is 396 g/mol. The SMILES string of the molecule is O=C1c2ccccc2OCCOCCOc2ccccc2C(=O)N2CCN1CC2. The summed E-state index contributed by atoms with van der Waals surface area (Å²) < 4.78 is 17.1. The number of amides is 2. The molecule has 0 aliphatic carbocycles. The van der Waals surface area contributed by atoms with Crippen LogP contribution < -0.4 is 9.47 Å². The largest absolute Gasteiger partial charge is 0.490 e. The second kappa shape index (κ2) is 8.96. The van der Waals surface area contributed by atoms with Crippen LogP contribution in [0.3, 0.4) is 0 Å². The molecule has 0 radical (unpaired) electrons. The number of carbonyl (C=O) groups is 2. The van der Waals surface area contributed by atoms with E-state index in [1.54, 1.807) is 34.1 Å². The Kier molecular flexibility index (Phi) is 5.95. The van der Waals surface area contributed by atoms with E-state index in [9.17, 15) is 9.59 Å². The number of hydrogen-bond donors (Lipinski definition) is 0. The van der Waals surface area contributed by atoms with Crippen LogP contribution in [0, 0.1) is 0 Å². The van der Waals surface area contributed by atoms with Crippen LogP contribution in [-0.2, 0) is 4.74 Å². The highest BCUT2D eigenvalue weighted by Crippen LogP contribution is 2.23. The minimum atomic E-state index is -0.0818. The lowest BCUT2D eigenvalue weighted by Gasteiger charge is -2.35. The molecule has 0 aromatic heterocycles. The van der Waals surface area contributed by atoms with Gasteiger partial charge in [0.2, 0.25) is 0 Å². The first kappa shape index (κ1) is 19.3. The van der Waals surface area contributed by atoms with Gasteiger partial charge in [0, 0.05) is 26.2 Å². The molecule has 29 heavy (non-hydrogen) atoms. The van der Waals surface area contributed by atoms with Crippen LogP contribution in [0.5, 0.6) is 11.5 Å². The summed E-state index contributed by atoms with van der Waals surface area (Å²) in [6.07, 6.45) is 0. The Morgan fingerprint density at radius 1 is 0.586 bits per heavy atom. The minimum absolute atomic E-state index is 0.0818. The van der Waals surface area contributed by atoms with E-state index in [0.29, 0.717) is 75.2 Å². The Morgan fingerprint density at radius 3 is 1.45 bits per heavy atom. The molecule has 3 aliphatic rings. The van der Waals surface area contributed by atoms with E-state index in [1.165, 1.54) is 0 Å². The maximum Gasteiger partial charge on any atom is 0.257 e. The highest BCUT2D eigenvalue weighted by molar-refractivity contribution is 5.98. The van der Waals surface area contributed by atoms with Gasteiger partial charge >= 0.3 is 0 Å². The fourth-order valence-corrected chi connectivity index (χ4v) is 3.51. The van der Waals surface area contributed by atoms with E-state index < -0.39 is 0 Å². The van der Waals surface area contributed by atoms with Gasteiger partial charge in [-0.3, -0.25) is 9.59 Å². The summed E-state index contributed by atoms with van der Waals surface area (Å²) in [5.74, 6) is 0.934. The number of carbonyl (C=O) groups excluding carboxylic acids is 2. The van der Waals surface area contributed by atoms with E-state index in [2.05, 4.69) is 0 Å². The second-order valence-electron chi connectivity index (χ2n) is 6.89. The van der Waals surface area contributed by atoms with E-state index in [0.717, 1.165) is 0 Å². The molecule has 7 nitrogen and oxygen atoms in total. The summed E-state index contributed by atoms with van der Waals surface area (Å²) >= 11 is 0. The fourth-order valence-electron chi connectivity index (χ4n) is 3.51. The van der Waals surface area contributed by atoms with Gasteiger partial charge in [0.05, 0.1) is 24.3 Å². The van der Waals surface area contributed by atoms with Crippen LogP contribution in [0.15, 0.2) is 48.5 Å². The molecule has 5 rings (SSSR count). The Morgan fingerprint density at radius 2 is 1.00 bits per heavy atom. The molecule has 2 aromatic carbocycles. The molecule has 0 N–H and O–H groups in total. The molecule has 3 heterocycles. The van der Waals surface area contributed by atoms with Crippen molar-refractivity contribution in [3.05, 3.63) is 59.7 Å². The minimum Gasteiger partial charge on any atom is -0.490 e. The van der Waals surface area contributed by atoms with Crippen LogP contribution >= 0.6 is 0 Å². The third-order valence-corrected chi connectivity index (χ3v) is 5.06. The van der Waals surface area contributed by atoms with Crippen molar-refractivity contribution in [2.75, 3.05) is 52.6 Å². The second-order valence-corrected chi connectivity index (χ2v) is 6.89. The Labute approximate surface area is 169 Å². The molecule has 2 amide bonds. The van der Waals surface area contributed by atoms with Gasteiger partial charge in [-0.2, -0.15) is 0 Å². The van der Waals surface area contributed by atoms with Gasteiger partial charge in [0.1, 0.15) is 24.7 Å². The van der Waals surface area contributed by atoms with Crippen LogP contribution in [0.4, 0.5) is 0 Å². The summed E-state index contributed by atoms with van der Waals surface area (Å²) in [5, 5.41) is 0. The Bertz CT molecular complexity index is 806. The van der Waals surface area contributed by atoms with Crippen molar-refractivity contribution >= 4 is 11.8 Å². The summed E-state index contributed by atoms with van der Waals surface area (Å²) in [6.45, 7) is 3.35. The zero-order valence-electron chi connectivity index (χ0n) is 16.2. The zero-order valence-corrected chi connectivity index (χ0v) is 16.2. The topological polar surface area (TPSA) is 68.3 Å². The number of hydrogen-bond acceptors (Lipinski definition) is 5. The van der Waals surface area contributed by atoms with Crippen molar-refractivity contribution in [2.45, 2.75) is 0 Å². The molecule has 0 atom stereocenters. The average Bonchev–Trinajstić information content (AvgIpc) is 2.78. The van der Waals surface area contributed by atoms with Crippen LogP contribution in [0.2, 0.25) is 0 Å². The number of fused-ring (bicyclic) bond motifs is 8. The molecule has 1 saturated heterocycles. The Hall–Kier alpha value is -3.06. The molecule has 3 aliphatic heterocycles. The third-order valence-electron chi connectivity index (χ3n) is 5.06. The van der Waals surface area contributed by atoms with Crippen molar-refractivity contribution in [2.24, 2.45) is 0 Å². The van der Waals surface area contributed by atoms with Gasteiger partial charge in [0.15, 0.2) is 0 Å². The number of para-hydroxylation sites is 2. The molecular formula is C22H24N2O5. The quantitative estimate of drug-likeness (QED) is 0.638. The summed E-state index contributed by atoms with van der Waals surface area (Å²) in [4.78, 5) is 29.6. The first-order valence-electron chi connectivity index (χ1n) is 9.84. The molecule has 0 spiro atoms. The predicted octanol–water partition coefficient (Wildman–Crippen LogP) is 2.07. The van der Waals surface area contributed by atoms with Gasteiger partial charge < -0.3 is 24.0 Å². The fraction of sp³-hybridized carbons (Fsp3) is 0.364. The normalized spacial score (nSPS) is 18.3. The summed E-state index contributed by atoms with van der Waals surface area (Å²) in [7, 11) is 0. The van der Waals surface area contributed by atoms with E-state index >= 15 is 0 Å². The lowest BCUT2D eigenvalue weighted by molar-refractivity contribution is 0.0531. The van der Waals surface area contributed by atoms with E-state index in [1.807, 2.05) is 24.3 Å². The number of rotatable bonds is 0. The van der Waals surface area contributed by atoms with Gasteiger partial charge in [0.25, 0.3) is 11.8 Å². The predicted molar refractivity (Wildman–Crippen MR) is 107 cm³/mol. The van der Waals surface area contributed by atoms with Gasteiger partial charge in [-0.05, 0) is 24.3 Å². The smallest absolute Gasteiger partial charge is 0.257 e. The van der Waals surface area contributed by atoms with Crippen LogP contribution in [-0.4, -0.2) is 74.2 Å². The molecule has 7 heteroatoms. The lowest BCUT2D eigenvalue weighted by Crippen LogP contribution is -2.50. The molecule has 0 saturated carbocycles. The highest BCUT2D eigenvalue weighted by Gasteiger charge is 2.28. The maximum atomic E-state index is 13.0. The van der Waals surface area contributed by atoms with Gasteiger partial charge in [-0.1, -0.05) is 24.3 Å². The molecule has 2 aromatic rings. The first-order valence-corrected chi connectivity index (χ1v) is 9.84. The number of benzene rings is 2. The molecule has 0 unspecified atom stereocenters. The lowest BCUT2D eigenvalue weighted by atomic mass is 10.1. The first-order chi connectivity index (χ1) is 14.2. The van der Waals surface area contributed by atoms with Gasteiger partial charge in [-0.15, -0.1) is 0 Å². The van der Waals surface area contributed by atoms with Crippen molar-refractivity contribution in [3.63, 3.8) is 0 Å². The molecule has 1 fully saturated rings. The number of piperazine rings is 1. The van der Waals surface area contributed by atoms with Crippen molar-refractivity contribution in [3.8, 4) is 11.5 Å². The van der Waals surface area contributed by atoms with Crippen molar-refractivity contribution < 1.29 is 23.8 Å². The maximum absolute atomic E-state index is 13.0. The standard InChI is InChI=1S/C22H24N2O5/c25-21-17-5-1-3-7-19(17)28-15-13-27-14-16-29-20-8-4-2-6-18(20)22(26)24-11-9-23(21)10-12-24/h1-8H,9-16H2. The molecule has 152 valence electrons. The zero-order chi connectivity index (χ0) is 20.1. The number of nitrogens with zero attached hydrogens (tertiary/aromatic N) is 2. The third kappa shape index (κ3) is 4.35. The Balaban J connectivity index is 1.57.